The van der Waals surface area contributed by atoms with E-state index < -0.39 is 18.4 Å². The van der Waals surface area contributed by atoms with Crippen LogP contribution >= 0.6 is 0 Å². The Kier molecular flexibility index (Phi) is 4.28. The SMILES string of the molecule is CCCC[n+]1ccn(C(F)(F)C(F)C(F)(F)F)c1. The molecule has 104 valence electrons. The Bertz CT molecular complexity index is 384. The molecular weight excluding hydrogens is 262 g/mol. The third kappa shape index (κ3) is 3.17. The monoisotopic (exact) mass is 275 g/mol. The Morgan fingerprint density at radius 3 is 2.33 bits per heavy atom. The van der Waals surface area contributed by atoms with Crippen LogP contribution in [0.5, 0.6) is 0 Å². The van der Waals surface area contributed by atoms with E-state index in [4.69, 9.17) is 0 Å². The number of rotatable bonds is 5. The Hall–Kier alpha value is -1.21. The van der Waals surface area contributed by atoms with Crippen LogP contribution in [0, 0.1) is 0 Å². The number of hydrogen-bond acceptors (Lipinski definition) is 0. The van der Waals surface area contributed by atoms with Gasteiger partial charge in [0.2, 0.25) is 6.33 Å². The summed E-state index contributed by atoms with van der Waals surface area (Å²) >= 11 is 0. The first kappa shape index (κ1) is 14.8. The first-order valence-electron chi connectivity index (χ1n) is 5.35. The van der Waals surface area contributed by atoms with Gasteiger partial charge in [-0.05, 0) is 6.42 Å². The van der Waals surface area contributed by atoms with Gasteiger partial charge in [-0.3, -0.25) is 0 Å². The van der Waals surface area contributed by atoms with Crippen molar-refractivity contribution in [1.29, 1.82) is 0 Å². The lowest BCUT2D eigenvalue weighted by molar-refractivity contribution is -0.697. The van der Waals surface area contributed by atoms with Crippen LogP contribution in [0.4, 0.5) is 26.3 Å². The topological polar surface area (TPSA) is 8.81 Å². The van der Waals surface area contributed by atoms with Crippen molar-refractivity contribution in [1.82, 2.24) is 4.57 Å². The molecule has 2 nitrogen and oxygen atoms in total. The normalized spacial score (nSPS) is 14.8. The van der Waals surface area contributed by atoms with Crippen molar-refractivity contribution >= 4 is 0 Å². The minimum Gasteiger partial charge on any atom is -0.237 e. The van der Waals surface area contributed by atoms with Gasteiger partial charge >= 0.3 is 18.4 Å². The van der Waals surface area contributed by atoms with Crippen molar-refractivity contribution in [3.8, 4) is 0 Å². The Morgan fingerprint density at radius 1 is 1.22 bits per heavy atom. The number of halogens is 6. The predicted molar refractivity (Wildman–Crippen MR) is 50.7 cm³/mol. The molecule has 1 aromatic rings. The number of aromatic nitrogens is 2. The molecule has 0 fully saturated rings. The standard InChI is InChI=1S/C10H13F6N2/c1-2-3-4-17-5-6-18(7-17)10(15,16)8(11)9(12,13)14/h5-8H,2-4H2,1H3/q+1. The van der Waals surface area contributed by atoms with Crippen molar-refractivity contribution in [2.45, 2.75) is 44.7 Å². The van der Waals surface area contributed by atoms with E-state index >= 15 is 0 Å². The van der Waals surface area contributed by atoms with Gasteiger partial charge in [0.15, 0.2) is 0 Å². The Labute approximate surface area is 99.8 Å². The number of hydrogen-bond donors (Lipinski definition) is 0. The van der Waals surface area contributed by atoms with Crippen molar-refractivity contribution < 1.29 is 30.9 Å². The molecule has 0 N–H and O–H groups in total. The van der Waals surface area contributed by atoms with Crippen LogP contribution in [-0.2, 0) is 12.6 Å². The number of alkyl halides is 6. The maximum Gasteiger partial charge on any atom is 0.437 e. The van der Waals surface area contributed by atoms with Crippen molar-refractivity contribution in [3.63, 3.8) is 0 Å². The molecule has 0 radical (unpaired) electrons. The first-order valence-corrected chi connectivity index (χ1v) is 5.35. The van der Waals surface area contributed by atoms with E-state index in [1.165, 1.54) is 10.8 Å². The number of imidazole rings is 1. The summed E-state index contributed by atoms with van der Waals surface area (Å²) in [4.78, 5) is 0. The smallest absolute Gasteiger partial charge is 0.237 e. The second-order valence-corrected chi connectivity index (χ2v) is 3.90. The Morgan fingerprint density at radius 2 is 1.83 bits per heavy atom. The number of unbranched alkanes of at least 4 members (excludes halogenated alkanes) is 1. The predicted octanol–water partition coefficient (Wildman–Crippen LogP) is 3.03. The molecule has 18 heavy (non-hydrogen) atoms. The van der Waals surface area contributed by atoms with Crippen LogP contribution < -0.4 is 4.57 Å². The second kappa shape index (κ2) is 5.19. The summed E-state index contributed by atoms with van der Waals surface area (Å²) in [5, 5.41) is 0. The third-order valence-corrected chi connectivity index (χ3v) is 2.40. The molecule has 0 amide bonds. The van der Waals surface area contributed by atoms with E-state index in [9.17, 15) is 26.3 Å². The molecule has 0 bridgehead atoms. The van der Waals surface area contributed by atoms with Crippen molar-refractivity contribution in [3.05, 3.63) is 18.7 Å². The van der Waals surface area contributed by atoms with Crippen molar-refractivity contribution in [2.24, 2.45) is 0 Å². The summed E-state index contributed by atoms with van der Waals surface area (Å²) in [6.45, 7) is 2.27. The van der Waals surface area contributed by atoms with Crippen LogP contribution in [-0.4, -0.2) is 16.9 Å². The van der Waals surface area contributed by atoms with E-state index in [-0.39, 0.29) is 4.57 Å². The highest BCUT2D eigenvalue weighted by molar-refractivity contribution is 4.83. The first-order chi connectivity index (χ1) is 8.19. The van der Waals surface area contributed by atoms with Crippen LogP contribution in [0.3, 0.4) is 0 Å². The maximum atomic E-state index is 13.2. The quantitative estimate of drug-likeness (QED) is 0.577. The molecule has 1 aromatic heterocycles. The fourth-order valence-corrected chi connectivity index (χ4v) is 1.37. The van der Waals surface area contributed by atoms with Gasteiger partial charge in [-0.25, -0.2) is 8.96 Å². The lowest BCUT2D eigenvalue weighted by Gasteiger charge is -2.19. The molecule has 0 aliphatic heterocycles. The van der Waals surface area contributed by atoms with E-state index in [1.807, 2.05) is 6.92 Å². The summed E-state index contributed by atoms with van der Waals surface area (Å²) < 4.78 is 76.3. The highest BCUT2D eigenvalue weighted by Gasteiger charge is 2.61. The molecule has 1 unspecified atom stereocenters. The van der Waals surface area contributed by atoms with Gasteiger partial charge in [-0.2, -0.15) is 26.5 Å². The maximum absolute atomic E-state index is 13.2. The van der Waals surface area contributed by atoms with Gasteiger partial charge in [0, 0.05) is 0 Å². The third-order valence-electron chi connectivity index (χ3n) is 2.40. The van der Waals surface area contributed by atoms with Gasteiger partial charge in [0.25, 0.3) is 0 Å². The molecule has 1 atom stereocenters. The molecule has 0 spiro atoms. The van der Waals surface area contributed by atoms with Crippen LogP contribution in [0.2, 0.25) is 0 Å². The highest BCUT2D eigenvalue weighted by Crippen LogP contribution is 2.37. The summed E-state index contributed by atoms with van der Waals surface area (Å²) in [6, 6.07) is -4.64. The molecular formula is C10H13F6N2+. The molecule has 0 aliphatic rings. The van der Waals surface area contributed by atoms with E-state index in [0.717, 1.165) is 18.9 Å². The highest BCUT2D eigenvalue weighted by atomic mass is 19.4. The largest absolute Gasteiger partial charge is 0.437 e. The Balaban J connectivity index is 2.88. The van der Waals surface area contributed by atoms with E-state index in [0.29, 0.717) is 13.0 Å². The minimum absolute atomic E-state index is 0.0547. The zero-order valence-electron chi connectivity index (χ0n) is 9.59. The van der Waals surface area contributed by atoms with Crippen LogP contribution in [0.1, 0.15) is 19.8 Å². The zero-order valence-corrected chi connectivity index (χ0v) is 9.59. The van der Waals surface area contributed by atoms with Gasteiger partial charge in [0.05, 0.1) is 6.54 Å². The molecule has 1 rings (SSSR count). The van der Waals surface area contributed by atoms with Gasteiger partial charge < -0.3 is 0 Å². The average Bonchev–Trinajstić information content (AvgIpc) is 2.73. The molecule has 0 saturated carbocycles. The van der Waals surface area contributed by atoms with Crippen molar-refractivity contribution in [2.75, 3.05) is 0 Å². The molecule has 0 saturated heterocycles. The summed E-state index contributed by atoms with van der Waals surface area (Å²) in [5.41, 5.74) is 0. The van der Waals surface area contributed by atoms with E-state index in [2.05, 4.69) is 0 Å². The molecule has 0 aromatic carbocycles. The number of aryl methyl sites for hydroxylation is 1. The second-order valence-electron chi connectivity index (χ2n) is 3.90. The fraction of sp³-hybridized carbons (Fsp3) is 0.700. The average molecular weight is 275 g/mol. The summed E-state index contributed by atoms with van der Waals surface area (Å²) in [7, 11) is 0. The lowest BCUT2D eigenvalue weighted by Crippen LogP contribution is -2.44. The van der Waals surface area contributed by atoms with Gasteiger partial charge in [-0.1, -0.05) is 13.3 Å². The van der Waals surface area contributed by atoms with Gasteiger partial charge in [-0.15, -0.1) is 0 Å². The van der Waals surface area contributed by atoms with Gasteiger partial charge in [0.1, 0.15) is 12.4 Å². The fourth-order valence-electron chi connectivity index (χ4n) is 1.37. The minimum atomic E-state index is -5.60. The summed E-state index contributed by atoms with van der Waals surface area (Å²) in [6.07, 6.45) is -5.63. The summed E-state index contributed by atoms with van der Waals surface area (Å²) in [5.74, 6) is 0. The van der Waals surface area contributed by atoms with Crippen LogP contribution in [0.15, 0.2) is 18.7 Å². The van der Waals surface area contributed by atoms with Crippen LogP contribution in [0.25, 0.3) is 0 Å². The number of nitrogens with zero attached hydrogens (tertiary/aromatic N) is 2. The molecule has 1 heterocycles. The zero-order chi connectivity index (χ0) is 14.0. The lowest BCUT2D eigenvalue weighted by atomic mass is 10.3. The molecule has 8 heteroatoms. The molecule has 0 aliphatic carbocycles. The van der Waals surface area contributed by atoms with E-state index in [1.54, 1.807) is 0 Å².